The first kappa shape index (κ1) is 22.2. The number of nitriles is 1. The molecule has 6 nitrogen and oxygen atoms in total. The highest BCUT2D eigenvalue weighted by Gasteiger charge is 2.37. The molecule has 31 heavy (non-hydrogen) atoms. The molecule has 0 radical (unpaired) electrons. The fraction of sp³-hybridized carbons (Fsp3) is 0.318. The van der Waals surface area contributed by atoms with Crippen LogP contribution in [-0.2, 0) is 11.0 Å². The molecule has 9 heteroatoms. The van der Waals surface area contributed by atoms with Crippen LogP contribution in [0, 0.1) is 25.2 Å². The molecule has 2 amide bonds. The van der Waals surface area contributed by atoms with Crippen molar-refractivity contribution < 1.29 is 22.8 Å². The van der Waals surface area contributed by atoms with Crippen LogP contribution in [-0.4, -0.2) is 42.4 Å². The second-order valence-corrected chi connectivity index (χ2v) is 7.50. The monoisotopic (exact) mass is 430 g/mol. The Morgan fingerprint density at radius 3 is 2.39 bits per heavy atom. The first-order valence-electron chi connectivity index (χ1n) is 9.56. The SMILES string of the molecule is Cc1ccc(C(=O)N2CCN(c3ccc(C#N)c(C(F)(F)F)c3)C(C(N)=O)C2)cc1C. The zero-order valence-corrected chi connectivity index (χ0v) is 17.0. The minimum Gasteiger partial charge on any atom is -0.368 e. The molecule has 1 fully saturated rings. The van der Waals surface area contributed by atoms with Gasteiger partial charge in [-0.1, -0.05) is 6.07 Å². The Hall–Kier alpha value is -3.54. The molecule has 0 aromatic heterocycles. The highest BCUT2D eigenvalue weighted by Crippen LogP contribution is 2.35. The molecule has 0 bridgehead atoms. The van der Waals surface area contributed by atoms with Crippen LogP contribution in [0.3, 0.4) is 0 Å². The van der Waals surface area contributed by atoms with Crippen molar-refractivity contribution in [3.63, 3.8) is 0 Å². The predicted molar refractivity (Wildman–Crippen MR) is 108 cm³/mol. The molecule has 1 saturated heterocycles. The number of carbonyl (C=O) groups is 2. The Kier molecular flexibility index (Phi) is 5.93. The van der Waals surface area contributed by atoms with E-state index in [0.717, 1.165) is 23.3 Å². The van der Waals surface area contributed by atoms with Gasteiger partial charge in [0.2, 0.25) is 5.91 Å². The van der Waals surface area contributed by atoms with Gasteiger partial charge in [0.1, 0.15) is 6.04 Å². The Labute approximate surface area is 177 Å². The number of hydrogen-bond acceptors (Lipinski definition) is 4. The van der Waals surface area contributed by atoms with E-state index in [1.807, 2.05) is 19.9 Å². The van der Waals surface area contributed by atoms with E-state index in [2.05, 4.69) is 0 Å². The van der Waals surface area contributed by atoms with Gasteiger partial charge in [-0.3, -0.25) is 9.59 Å². The molecule has 162 valence electrons. The van der Waals surface area contributed by atoms with Crippen molar-refractivity contribution in [1.29, 1.82) is 5.26 Å². The molecule has 0 aliphatic carbocycles. The molecule has 0 spiro atoms. The first-order valence-corrected chi connectivity index (χ1v) is 9.56. The second kappa shape index (κ2) is 8.30. The molecule has 1 heterocycles. The number of alkyl halides is 3. The summed E-state index contributed by atoms with van der Waals surface area (Å²) in [4.78, 5) is 28.0. The first-order chi connectivity index (χ1) is 14.5. The topological polar surface area (TPSA) is 90.4 Å². The highest BCUT2D eigenvalue weighted by molar-refractivity contribution is 5.95. The van der Waals surface area contributed by atoms with Crippen LogP contribution >= 0.6 is 0 Å². The number of primary amides is 1. The summed E-state index contributed by atoms with van der Waals surface area (Å²) in [6.45, 7) is 4.09. The summed E-state index contributed by atoms with van der Waals surface area (Å²) < 4.78 is 40.0. The fourth-order valence-corrected chi connectivity index (χ4v) is 3.62. The van der Waals surface area contributed by atoms with Gasteiger partial charge in [0.15, 0.2) is 0 Å². The summed E-state index contributed by atoms with van der Waals surface area (Å²) in [5.74, 6) is -1.03. The van der Waals surface area contributed by atoms with Crippen LogP contribution in [0.5, 0.6) is 0 Å². The maximum Gasteiger partial charge on any atom is 0.417 e. The van der Waals surface area contributed by atoms with E-state index in [4.69, 9.17) is 11.0 Å². The van der Waals surface area contributed by atoms with Crippen molar-refractivity contribution >= 4 is 17.5 Å². The number of amides is 2. The van der Waals surface area contributed by atoms with Crippen molar-refractivity contribution in [2.24, 2.45) is 5.73 Å². The molecule has 1 unspecified atom stereocenters. The normalized spacial score (nSPS) is 16.7. The largest absolute Gasteiger partial charge is 0.417 e. The third-order valence-electron chi connectivity index (χ3n) is 5.51. The van der Waals surface area contributed by atoms with Crippen LogP contribution in [0.25, 0.3) is 0 Å². The lowest BCUT2D eigenvalue weighted by Crippen LogP contribution is -2.59. The van der Waals surface area contributed by atoms with E-state index in [1.165, 1.54) is 21.9 Å². The van der Waals surface area contributed by atoms with Gasteiger partial charge in [-0.05, 0) is 55.3 Å². The number of aryl methyl sites for hydroxylation is 2. The standard InChI is InChI=1S/C22H21F3N4O2/c1-13-3-4-15(9-14(13)2)21(31)28-7-8-29(19(12-28)20(27)30)17-6-5-16(11-26)18(10-17)22(23,24)25/h3-6,9-10,19H,7-8,12H2,1-2H3,(H2,27,30). The summed E-state index contributed by atoms with van der Waals surface area (Å²) in [6, 6.07) is 9.09. The second-order valence-electron chi connectivity index (χ2n) is 7.50. The van der Waals surface area contributed by atoms with Crippen LogP contribution in [0.1, 0.15) is 32.6 Å². The molecule has 2 aromatic rings. The van der Waals surface area contributed by atoms with Crippen LogP contribution in [0.15, 0.2) is 36.4 Å². The Morgan fingerprint density at radius 1 is 1.10 bits per heavy atom. The van der Waals surface area contributed by atoms with E-state index in [1.54, 1.807) is 12.1 Å². The van der Waals surface area contributed by atoms with Crippen LogP contribution in [0.2, 0.25) is 0 Å². The third-order valence-corrected chi connectivity index (χ3v) is 5.51. The quantitative estimate of drug-likeness (QED) is 0.811. The Balaban J connectivity index is 1.89. The molecule has 1 atom stereocenters. The molecular weight excluding hydrogens is 409 g/mol. The smallest absolute Gasteiger partial charge is 0.368 e. The number of nitrogens with zero attached hydrogens (tertiary/aromatic N) is 3. The van der Waals surface area contributed by atoms with Crippen molar-refractivity contribution in [3.05, 3.63) is 64.2 Å². The molecule has 0 saturated carbocycles. The average molecular weight is 430 g/mol. The summed E-state index contributed by atoms with van der Waals surface area (Å²) in [7, 11) is 0. The summed E-state index contributed by atoms with van der Waals surface area (Å²) in [6.07, 6.45) is -4.72. The molecule has 2 aromatic carbocycles. The van der Waals surface area contributed by atoms with E-state index < -0.39 is 29.3 Å². The van der Waals surface area contributed by atoms with Crippen LogP contribution < -0.4 is 10.6 Å². The lowest BCUT2D eigenvalue weighted by Gasteiger charge is -2.41. The van der Waals surface area contributed by atoms with Gasteiger partial charge in [-0.2, -0.15) is 18.4 Å². The van der Waals surface area contributed by atoms with E-state index in [0.29, 0.717) is 5.56 Å². The summed E-state index contributed by atoms with van der Waals surface area (Å²) in [5, 5.41) is 8.98. The molecular formula is C22H21F3N4O2. The maximum absolute atomic E-state index is 13.3. The van der Waals surface area contributed by atoms with Crippen molar-refractivity contribution in [1.82, 2.24) is 4.90 Å². The zero-order chi connectivity index (χ0) is 22.9. The van der Waals surface area contributed by atoms with Crippen LogP contribution in [0.4, 0.5) is 18.9 Å². The minimum absolute atomic E-state index is 0.0531. The molecule has 3 rings (SSSR count). The van der Waals surface area contributed by atoms with E-state index in [9.17, 15) is 22.8 Å². The van der Waals surface area contributed by atoms with Crippen molar-refractivity contribution in [3.8, 4) is 6.07 Å². The van der Waals surface area contributed by atoms with Gasteiger partial charge in [0, 0.05) is 24.3 Å². The van der Waals surface area contributed by atoms with E-state index in [-0.39, 0.29) is 31.2 Å². The molecule has 2 N–H and O–H groups in total. The van der Waals surface area contributed by atoms with Gasteiger partial charge < -0.3 is 15.5 Å². The van der Waals surface area contributed by atoms with Gasteiger partial charge in [-0.15, -0.1) is 0 Å². The zero-order valence-electron chi connectivity index (χ0n) is 17.0. The number of nitrogens with two attached hydrogens (primary N) is 1. The van der Waals surface area contributed by atoms with Gasteiger partial charge in [0.25, 0.3) is 5.91 Å². The van der Waals surface area contributed by atoms with Crippen molar-refractivity contribution in [2.45, 2.75) is 26.1 Å². The maximum atomic E-state index is 13.3. The average Bonchev–Trinajstić information content (AvgIpc) is 2.73. The van der Waals surface area contributed by atoms with Gasteiger partial charge >= 0.3 is 6.18 Å². The summed E-state index contributed by atoms with van der Waals surface area (Å²) >= 11 is 0. The number of rotatable bonds is 3. The highest BCUT2D eigenvalue weighted by atomic mass is 19.4. The number of carbonyl (C=O) groups excluding carboxylic acids is 2. The lowest BCUT2D eigenvalue weighted by atomic mass is 10.0. The lowest BCUT2D eigenvalue weighted by molar-refractivity contribution is -0.137. The van der Waals surface area contributed by atoms with Crippen molar-refractivity contribution in [2.75, 3.05) is 24.5 Å². The Morgan fingerprint density at radius 2 is 1.81 bits per heavy atom. The number of halogens is 3. The number of hydrogen-bond donors (Lipinski definition) is 1. The number of piperazine rings is 1. The summed E-state index contributed by atoms with van der Waals surface area (Å²) in [5.41, 5.74) is 6.52. The number of anilines is 1. The van der Waals surface area contributed by atoms with Gasteiger partial charge in [-0.25, -0.2) is 0 Å². The Bertz CT molecular complexity index is 1080. The fourth-order valence-electron chi connectivity index (χ4n) is 3.62. The molecule has 1 aliphatic heterocycles. The number of benzene rings is 2. The third kappa shape index (κ3) is 4.48. The minimum atomic E-state index is -4.72. The predicted octanol–water partition coefficient (Wildman–Crippen LogP) is 3.01. The molecule has 1 aliphatic rings. The van der Waals surface area contributed by atoms with E-state index >= 15 is 0 Å². The van der Waals surface area contributed by atoms with Gasteiger partial charge in [0.05, 0.1) is 23.7 Å².